The van der Waals surface area contributed by atoms with Crippen LogP contribution in [0, 0.1) is 0 Å². The minimum atomic E-state index is -0.777. The van der Waals surface area contributed by atoms with Crippen molar-refractivity contribution >= 4 is 23.6 Å². The van der Waals surface area contributed by atoms with Crippen LogP contribution in [0.25, 0.3) is 0 Å². The first-order chi connectivity index (χ1) is 12.5. The number of nitrogens with zero attached hydrogens (tertiary/aromatic N) is 2. The van der Waals surface area contributed by atoms with E-state index in [1.807, 2.05) is 17.0 Å². The molecular formula is C19H23N3O4. The molecule has 2 aliphatic heterocycles. The van der Waals surface area contributed by atoms with Crippen LogP contribution in [-0.4, -0.2) is 54.1 Å². The van der Waals surface area contributed by atoms with E-state index in [0.29, 0.717) is 13.0 Å². The molecule has 0 atom stereocenters. The van der Waals surface area contributed by atoms with E-state index >= 15 is 0 Å². The fourth-order valence-electron chi connectivity index (χ4n) is 4.73. The number of amides is 3. The zero-order valence-corrected chi connectivity index (χ0v) is 14.7. The molecule has 138 valence electrons. The summed E-state index contributed by atoms with van der Waals surface area (Å²) in [5.41, 5.74) is 3.51. The highest BCUT2D eigenvalue weighted by molar-refractivity contribution is 6.06. The number of hydrogen-bond acceptors (Lipinski definition) is 4. The first kappa shape index (κ1) is 17.0. The SMILES string of the molecule is O=C(O)CN1CCC2(CCc3c(N4CCC(=O)NC4=O)cccc32)CC1. The van der Waals surface area contributed by atoms with Gasteiger partial charge in [0.2, 0.25) is 5.91 Å². The van der Waals surface area contributed by atoms with Crippen molar-refractivity contribution < 1.29 is 19.5 Å². The Morgan fingerprint density at radius 3 is 2.58 bits per heavy atom. The molecule has 1 aromatic rings. The highest BCUT2D eigenvalue weighted by Crippen LogP contribution is 2.48. The smallest absolute Gasteiger partial charge is 0.328 e. The van der Waals surface area contributed by atoms with Crippen LogP contribution in [0.15, 0.2) is 18.2 Å². The van der Waals surface area contributed by atoms with Crippen molar-refractivity contribution in [2.75, 3.05) is 31.1 Å². The van der Waals surface area contributed by atoms with Crippen LogP contribution in [0.3, 0.4) is 0 Å². The summed E-state index contributed by atoms with van der Waals surface area (Å²) in [5, 5.41) is 11.4. The number of aliphatic carboxylic acids is 1. The summed E-state index contributed by atoms with van der Waals surface area (Å²) in [4.78, 5) is 38.3. The number of carbonyl (C=O) groups is 3. The molecule has 7 nitrogen and oxygen atoms in total. The number of likely N-dealkylation sites (tertiary alicyclic amines) is 1. The van der Waals surface area contributed by atoms with Gasteiger partial charge in [-0.2, -0.15) is 0 Å². The summed E-state index contributed by atoms with van der Waals surface area (Å²) in [6.45, 7) is 2.09. The summed E-state index contributed by atoms with van der Waals surface area (Å²) < 4.78 is 0. The molecule has 3 amide bonds. The molecule has 1 spiro atoms. The molecule has 1 aromatic carbocycles. The summed E-state index contributed by atoms with van der Waals surface area (Å²) in [6, 6.07) is 5.78. The second-order valence-corrected chi connectivity index (χ2v) is 7.51. The molecular weight excluding hydrogens is 334 g/mol. The minimum Gasteiger partial charge on any atom is -0.480 e. The van der Waals surface area contributed by atoms with E-state index in [1.165, 1.54) is 11.1 Å². The quantitative estimate of drug-likeness (QED) is 0.856. The lowest BCUT2D eigenvalue weighted by atomic mass is 9.74. The van der Waals surface area contributed by atoms with Crippen molar-refractivity contribution in [3.05, 3.63) is 29.3 Å². The summed E-state index contributed by atoms with van der Waals surface area (Å²) >= 11 is 0. The molecule has 0 bridgehead atoms. The van der Waals surface area contributed by atoms with Gasteiger partial charge in [0.25, 0.3) is 0 Å². The third kappa shape index (κ3) is 2.86. The second kappa shape index (κ2) is 6.39. The lowest BCUT2D eigenvalue weighted by Crippen LogP contribution is -2.50. The van der Waals surface area contributed by atoms with Crippen molar-refractivity contribution in [2.24, 2.45) is 0 Å². The number of benzene rings is 1. The maximum Gasteiger partial charge on any atom is 0.328 e. The van der Waals surface area contributed by atoms with Gasteiger partial charge in [-0.15, -0.1) is 0 Å². The van der Waals surface area contributed by atoms with Gasteiger partial charge >= 0.3 is 12.0 Å². The molecule has 2 saturated heterocycles. The molecule has 3 aliphatic rings. The number of rotatable bonds is 3. The Morgan fingerprint density at radius 2 is 1.88 bits per heavy atom. The Labute approximate surface area is 152 Å². The van der Waals surface area contributed by atoms with Crippen LogP contribution < -0.4 is 10.2 Å². The van der Waals surface area contributed by atoms with Gasteiger partial charge in [0.05, 0.1) is 6.54 Å². The summed E-state index contributed by atoms with van der Waals surface area (Å²) in [7, 11) is 0. The zero-order chi connectivity index (χ0) is 18.3. The van der Waals surface area contributed by atoms with Crippen LogP contribution in [0.4, 0.5) is 10.5 Å². The lowest BCUT2D eigenvalue weighted by molar-refractivity contribution is -0.138. The topological polar surface area (TPSA) is 89.9 Å². The molecule has 2 fully saturated rings. The number of carboxylic acid groups (broad SMARTS) is 1. The fraction of sp³-hybridized carbons (Fsp3) is 0.526. The van der Waals surface area contributed by atoms with Crippen molar-refractivity contribution in [1.82, 2.24) is 10.2 Å². The Balaban J connectivity index is 1.58. The molecule has 2 N–H and O–H groups in total. The molecule has 1 aliphatic carbocycles. The van der Waals surface area contributed by atoms with E-state index in [1.54, 1.807) is 4.90 Å². The van der Waals surface area contributed by atoms with Crippen LogP contribution in [0.2, 0.25) is 0 Å². The van der Waals surface area contributed by atoms with Crippen molar-refractivity contribution in [3.63, 3.8) is 0 Å². The van der Waals surface area contributed by atoms with Gasteiger partial charge < -0.3 is 5.11 Å². The van der Waals surface area contributed by atoms with E-state index in [0.717, 1.165) is 44.5 Å². The van der Waals surface area contributed by atoms with Gasteiger partial charge in [-0.05, 0) is 61.4 Å². The molecule has 0 saturated carbocycles. The average Bonchev–Trinajstić information content (AvgIpc) is 2.96. The highest BCUT2D eigenvalue weighted by Gasteiger charge is 2.43. The van der Waals surface area contributed by atoms with Crippen LogP contribution >= 0.6 is 0 Å². The van der Waals surface area contributed by atoms with Crippen LogP contribution in [0.5, 0.6) is 0 Å². The number of piperidine rings is 1. The first-order valence-corrected chi connectivity index (χ1v) is 9.16. The maximum atomic E-state index is 12.3. The summed E-state index contributed by atoms with van der Waals surface area (Å²) in [5.74, 6) is -0.998. The maximum absolute atomic E-state index is 12.3. The first-order valence-electron chi connectivity index (χ1n) is 9.16. The van der Waals surface area contributed by atoms with Gasteiger partial charge in [0.1, 0.15) is 0 Å². The Bertz CT molecular complexity index is 768. The fourth-order valence-corrected chi connectivity index (χ4v) is 4.73. The second-order valence-electron chi connectivity index (χ2n) is 7.51. The molecule has 4 rings (SSSR count). The Morgan fingerprint density at radius 1 is 1.12 bits per heavy atom. The zero-order valence-electron chi connectivity index (χ0n) is 14.7. The standard InChI is InChI=1S/C19H23N3O4/c23-16-5-9-22(18(26)20-16)15-3-1-2-14-13(15)4-6-19(14)7-10-21(11-8-19)12-17(24)25/h1-3H,4-12H2,(H,24,25)(H,20,23,26). The van der Waals surface area contributed by atoms with E-state index < -0.39 is 5.97 Å². The van der Waals surface area contributed by atoms with E-state index in [9.17, 15) is 14.4 Å². The van der Waals surface area contributed by atoms with Gasteiger partial charge in [0.15, 0.2) is 0 Å². The molecule has 2 heterocycles. The van der Waals surface area contributed by atoms with Gasteiger partial charge in [-0.1, -0.05) is 12.1 Å². The predicted molar refractivity (Wildman–Crippen MR) is 95.3 cm³/mol. The van der Waals surface area contributed by atoms with E-state index in [4.69, 9.17) is 5.11 Å². The van der Waals surface area contributed by atoms with Crippen LogP contribution in [0.1, 0.15) is 36.8 Å². The molecule has 7 heteroatoms. The summed E-state index contributed by atoms with van der Waals surface area (Å²) in [6.07, 6.45) is 4.17. The third-order valence-corrected chi connectivity index (χ3v) is 6.09. The van der Waals surface area contributed by atoms with Gasteiger partial charge in [0, 0.05) is 18.7 Å². The molecule has 0 aromatic heterocycles. The monoisotopic (exact) mass is 357 g/mol. The number of urea groups is 1. The van der Waals surface area contributed by atoms with Gasteiger partial charge in [-0.3, -0.25) is 24.7 Å². The number of fused-ring (bicyclic) bond motifs is 2. The van der Waals surface area contributed by atoms with Crippen molar-refractivity contribution in [3.8, 4) is 0 Å². The van der Waals surface area contributed by atoms with Gasteiger partial charge in [-0.25, -0.2) is 4.79 Å². The predicted octanol–water partition coefficient (Wildman–Crippen LogP) is 1.50. The molecule has 0 unspecified atom stereocenters. The minimum absolute atomic E-state index is 0.0857. The number of carbonyl (C=O) groups excluding carboxylic acids is 2. The Hall–Kier alpha value is -2.41. The number of anilines is 1. The van der Waals surface area contributed by atoms with Crippen molar-refractivity contribution in [2.45, 2.75) is 37.5 Å². The highest BCUT2D eigenvalue weighted by atomic mass is 16.4. The molecule has 0 radical (unpaired) electrons. The van der Waals surface area contributed by atoms with E-state index in [2.05, 4.69) is 11.4 Å². The normalized spacial score (nSPS) is 22.4. The number of hydrogen-bond donors (Lipinski definition) is 2. The average molecular weight is 357 g/mol. The van der Waals surface area contributed by atoms with E-state index in [-0.39, 0.29) is 23.9 Å². The molecule has 26 heavy (non-hydrogen) atoms. The lowest BCUT2D eigenvalue weighted by Gasteiger charge is -2.40. The largest absolute Gasteiger partial charge is 0.480 e. The third-order valence-electron chi connectivity index (χ3n) is 6.09. The van der Waals surface area contributed by atoms with Crippen LogP contribution in [-0.2, 0) is 21.4 Å². The number of imide groups is 1. The number of carboxylic acids is 1. The Kier molecular flexibility index (Phi) is 4.19. The van der Waals surface area contributed by atoms with Crippen molar-refractivity contribution in [1.29, 1.82) is 0 Å². The number of nitrogens with one attached hydrogen (secondary N) is 1.